The third kappa shape index (κ3) is 1.95. The second-order valence-electron chi connectivity index (χ2n) is 4.26. The van der Waals surface area contributed by atoms with Gasteiger partial charge in [-0.25, -0.2) is 0 Å². The highest BCUT2D eigenvalue weighted by molar-refractivity contribution is 5.86. The summed E-state index contributed by atoms with van der Waals surface area (Å²) in [6.45, 7) is 4.49. The molecule has 1 heterocycles. The number of ketones is 1. The van der Waals surface area contributed by atoms with Crippen molar-refractivity contribution in [2.24, 2.45) is 5.92 Å². The molecule has 0 saturated carbocycles. The van der Waals surface area contributed by atoms with Gasteiger partial charge < -0.3 is 4.74 Å². The molecule has 2 rings (SSSR count). The van der Waals surface area contributed by atoms with E-state index >= 15 is 0 Å². The molecule has 0 fully saturated rings. The molecule has 2 heteroatoms. The van der Waals surface area contributed by atoms with Crippen LogP contribution in [0.3, 0.4) is 0 Å². The summed E-state index contributed by atoms with van der Waals surface area (Å²) >= 11 is 0. The SMILES string of the molecule is CC(C)C(=O)C1OCCc2ccccc21. The van der Waals surface area contributed by atoms with Gasteiger partial charge in [-0.2, -0.15) is 0 Å². The van der Waals surface area contributed by atoms with E-state index in [1.807, 2.05) is 32.0 Å². The lowest BCUT2D eigenvalue weighted by Crippen LogP contribution is -2.26. The van der Waals surface area contributed by atoms with Gasteiger partial charge in [-0.15, -0.1) is 0 Å². The van der Waals surface area contributed by atoms with Gasteiger partial charge in [-0.05, 0) is 17.5 Å². The largest absolute Gasteiger partial charge is 0.365 e. The third-order valence-electron chi connectivity index (χ3n) is 2.82. The smallest absolute Gasteiger partial charge is 0.168 e. The van der Waals surface area contributed by atoms with Crippen molar-refractivity contribution in [2.75, 3.05) is 6.61 Å². The number of carbonyl (C=O) groups excluding carboxylic acids is 1. The van der Waals surface area contributed by atoms with E-state index in [2.05, 4.69) is 6.07 Å². The molecular weight excluding hydrogens is 188 g/mol. The van der Waals surface area contributed by atoms with Crippen LogP contribution in [0.15, 0.2) is 24.3 Å². The molecule has 1 unspecified atom stereocenters. The zero-order valence-electron chi connectivity index (χ0n) is 9.19. The van der Waals surface area contributed by atoms with E-state index in [4.69, 9.17) is 4.74 Å². The first kappa shape index (κ1) is 10.4. The van der Waals surface area contributed by atoms with Crippen LogP contribution in [0.4, 0.5) is 0 Å². The lowest BCUT2D eigenvalue weighted by molar-refractivity contribution is -0.134. The highest BCUT2D eigenvalue weighted by atomic mass is 16.5. The van der Waals surface area contributed by atoms with E-state index in [-0.39, 0.29) is 17.8 Å². The van der Waals surface area contributed by atoms with E-state index in [1.54, 1.807) is 0 Å². The maximum atomic E-state index is 11.9. The van der Waals surface area contributed by atoms with Crippen molar-refractivity contribution < 1.29 is 9.53 Å². The second-order valence-corrected chi connectivity index (χ2v) is 4.26. The molecule has 0 amide bonds. The zero-order chi connectivity index (χ0) is 10.8. The monoisotopic (exact) mass is 204 g/mol. The second kappa shape index (κ2) is 4.15. The number of fused-ring (bicyclic) bond motifs is 1. The molecule has 1 aromatic rings. The van der Waals surface area contributed by atoms with Gasteiger partial charge in [-0.3, -0.25) is 4.79 Å². The Hall–Kier alpha value is -1.15. The number of hydrogen-bond acceptors (Lipinski definition) is 2. The molecule has 0 N–H and O–H groups in total. The highest BCUT2D eigenvalue weighted by Gasteiger charge is 2.28. The minimum Gasteiger partial charge on any atom is -0.365 e. The molecule has 1 aliphatic heterocycles. The molecule has 1 aromatic carbocycles. The molecule has 0 aliphatic carbocycles. The topological polar surface area (TPSA) is 26.3 Å². The molecule has 1 aliphatic rings. The first-order valence-electron chi connectivity index (χ1n) is 5.43. The zero-order valence-corrected chi connectivity index (χ0v) is 9.19. The Morgan fingerprint density at radius 3 is 2.87 bits per heavy atom. The van der Waals surface area contributed by atoms with Gasteiger partial charge in [0.15, 0.2) is 5.78 Å². The fourth-order valence-electron chi connectivity index (χ4n) is 1.93. The number of ether oxygens (including phenoxy) is 1. The summed E-state index contributed by atoms with van der Waals surface area (Å²) in [5.74, 6) is 0.211. The van der Waals surface area contributed by atoms with Crippen molar-refractivity contribution in [3.05, 3.63) is 35.4 Å². The van der Waals surface area contributed by atoms with Crippen LogP contribution in [0.1, 0.15) is 31.1 Å². The lowest BCUT2D eigenvalue weighted by atomic mass is 9.91. The van der Waals surface area contributed by atoms with Crippen molar-refractivity contribution in [2.45, 2.75) is 26.4 Å². The van der Waals surface area contributed by atoms with Crippen LogP contribution in [-0.2, 0) is 16.0 Å². The van der Waals surface area contributed by atoms with E-state index in [9.17, 15) is 4.79 Å². The van der Waals surface area contributed by atoms with Crippen LogP contribution in [-0.4, -0.2) is 12.4 Å². The summed E-state index contributed by atoms with van der Waals surface area (Å²) in [6.07, 6.45) is 0.577. The van der Waals surface area contributed by atoms with Crippen LogP contribution in [0.2, 0.25) is 0 Å². The highest BCUT2D eigenvalue weighted by Crippen LogP contribution is 2.29. The number of benzene rings is 1. The summed E-state index contributed by atoms with van der Waals surface area (Å²) in [4.78, 5) is 11.9. The molecule has 0 bridgehead atoms. The summed E-state index contributed by atoms with van der Waals surface area (Å²) in [7, 11) is 0. The summed E-state index contributed by atoms with van der Waals surface area (Å²) < 4.78 is 5.58. The first-order valence-corrected chi connectivity index (χ1v) is 5.43. The Labute approximate surface area is 90.3 Å². The Kier molecular flexibility index (Phi) is 2.87. The fraction of sp³-hybridized carbons (Fsp3) is 0.462. The predicted octanol–water partition coefficient (Wildman–Crippen LogP) is 2.53. The van der Waals surface area contributed by atoms with Crippen LogP contribution in [0.5, 0.6) is 0 Å². The van der Waals surface area contributed by atoms with Gasteiger partial charge in [0, 0.05) is 5.92 Å². The van der Waals surface area contributed by atoms with Crippen molar-refractivity contribution in [1.29, 1.82) is 0 Å². The number of rotatable bonds is 2. The molecule has 0 spiro atoms. The summed E-state index contributed by atoms with van der Waals surface area (Å²) in [6, 6.07) is 8.06. The number of carbonyl (C=O) groups is 1. The van der Waals surface area contributed by atoms with Crippen LogP contribution in [0.25, 0.3) is 0 Å². The van der Waals surface area contributed by atoms with Gasteiger partial charge in [0.2, 0.25) is 0 Å². The third-order valence-corrected chi connectivity index (χ3v) is 2.82. The Morgan fingerprint density at radius 1 is 1.40 bits per heavy atom. The van der Waals surface area contributed by atoms with E-state index in [0.29, 0.717) is 6.61 Å². The Bertz CT molecular complexity index is 369. The number of Topliss-reactive ketones (excluding diaryl/α,β-unsaturated/α-hetero) is 1. The lowest BCUT2D eigenvalue weighted by Gasteiger charge is -2.26. The van der Waals surface area contributed by atoms with Crippen LogP contribution < -0.4 is 0 Å². The van der Waals surface area contributed by atoms with Gasteiger partial charge in [0.05, 0.1) is 6.61 Å². The molecule has 0 saturated heterocycles. The Morgan fingerprint density at radius 2 is 2.13 bits per heavy atom. The van der Waals surface area contributed by atoms with Crippen molar-refractivity contribution in [3.8, 4) is 0 Å². The molecule has 15 heavy (non-hydrogen) atoms. The molecule has 2 nitrogen and oxygen atoms in total. The minimum absolute atomic E-state index is 0.0288. The first-order chi connectivity index (χ1) is 7.20. The van der Waals surface area contributed by atoms with Gasteiger partial charge in [0.1, 0.15) is 6.10 Å². The van der Waals surface area contributed by atoms with E-state index in [1.165, 1.54) is 5.56 Å². The average molecular weight is 204 g/mol. The van der Waals surface area contributed by atoms with Gasteiger partial charge >= 0.3 is 0 Å². The minimum atomic E-state index is -0.338. The predicted molar refractivity (Wildman–Crippen MR) is 58.7 cm³/mol. The van der Waals surface area contributed by atoms with Crippen molar-refractivity contribution >= 4 is 5.78 Å². The molecular formula is C13H16O2. The van der Waals surface area contributed by atoms with Gasteiger partial charge in [-0.1, -0.05) is 38.1 Å². The average Bonchev–Trinajstić information content (AvgIpc) is 2.27. The maximum Gasteiger partial charge on any atom is 0.168 e. The van der Waals surface area contributed by atoms with Crippen molar-refractivity contribution in [1.82, 2.24) is 0 Å². The standard InChI is InChI=1S/C13H16O2/c1-9(2)12(14)13-11-6-4-3-5-10(11)7-8-15-13/h3-6,9,13H,7-8H2,1-2H3. The molecule has 0 radical (unpaired) electrons. The normalized spacial score (nSPS) is 20.1. The van der Waals surface area contributed by atoms with E-state index < -0.39 is 0 Å². The van der Waals surface area contributed by atoms with E-state index in [0.717, 1.165) is 12.0 Å². The molecule has 80 valence electrons. The maximum absolute atomic E-state index is 11.9. The number of hydrogen-bond donors (Lipinski definition) is 0. The van der Waals surface area contributed by atoms with Crippen LogP contribution in [0, 0.1) is 5.92 Å². The fourth-order valence-corrected chi connectivity index (χ4v) is 1.93. The molecule has 0 aromatic heterocycles. The van der Waals surface area contributed by atoms with Crippen LogP contribution >= 0.6 is 0 Å². The van der Waals surface area contributed by atoms with Crippen molar-refractivity contribution in [3.63, 3.8) is 0 Å². The van der Waals surface area contributed by atoms with Gasteiger partial charge in [0.25, 0.3) is 0 Å². The molecule has 1 atom stereocenters. The Balaban J connectivity index is 2.34. The quantitative estimate of drug-likeness (QED) is 0.740. The summed E-state index contributed by atoms with van der Waals surface area (Å²) in [5, 5.41) is 0. The summed E-state index contributed by atoms with van der Waals surface area (Å²) in [5.41, 5.74) is 2.31.